The van der Waals surface area contributed by atoms with Crippen LogP contribution in [0.25, 0.3) is 0 Å². The van der Waals surface area contributed by atoms with Crippen molar-refractivity contribution in [1.82, 2.24) is 10.2 Å². The zero-order chi connectivity index (χ0) is 26.7. The molecule has 2 aromatic rings. The van der Waals surface area contributed by atoms with Crippen LogP contribution in [0.15, 0.2) is 42.5 Å². The van der Waals surface area contributed by atoms with Crippen molar-refractivity contribution in [2.24, 2.45) is 5.41 Å². The van der Waals surface area contributed by atoms with Crippen LogP contribution in [-0.4, -0.2) is 59.9 Å². The summed E-state index contributed by atoms with van der Waals surface area (Å²) in [6, 6.07) is 6.07. The Morgan fingerprint density at radius 1 is 1.14 bits per heavy atom. The van der Waals surface area contributed by atoms with Crippen molar-refractivity contribution in [2.45, 2.75) is 25.6 Å². The quantitative estimate of drug-likeness (QED) is 0.378. The number of alkyl halides is 3. The lowest BCUT2D eigenvalue weighted by molar-refractivity contribution is -0.384. The van der Waals surface area contributed by atoms with Crippen LogP contribution >= 0.6 is 0 Å². The number of hydrogen-bond donors (Lipinski definition) is 1. The lowest BCUT2D eigenvalue weighted by atomic mass is 9.67. The van der Waals surface area contributed by atoms with Gasteiger partial charge in [-0.25, -0.2) is 9.69 Å². The van der Waals surface area contributed by atoms with E-state index in [2.05, 4.69) is 5.32 Å². The van der Waals surface area contributed by atoms with Crippen LogP contribution in [0.4, 0.5) is 35.0 Å². The molecular weight excluding hydrogens is 495 g/mol. The maximum absolute atomic E-state index is 14.1. The van der Waals surface area contributed by atoms with Gasteiger partial charge in [0.1, 0.15) is 0 Å². The summed E-state index contributed by atoms with van der Waals surface area (Å²) in [7, 11) is 0. The Hall–Kier alpha value is -4.00. The Balaban J connectivity index is 1.67. The van der Waals surface area contributed by atoms with Gasteiger partial charge in [-0.1, -0.05) is 13.0 Å². The standard InChI is InChI=1S/C24H22F3N5O5/c1-2-29-8-9-30-18-7-6-17(32(36)37)10-14(18)12-23(19(30)13-29)20(33)28-22(35)31(21(23)34)16-5-3-4-15(11-16)24(25,26)27/h3-7,10-11,19H,2,8-9,12-13H2,1H3,(H,28,33,35)/t19-,23+/m0/s1. The van der Waals surface area contributed by atoms with Gasteiger partial charge in [0.05, 0.1) is 22.2 Å². The van der Waals surface area contributed by atoms with Gasteiger partial charge in [-0.2, -0.15) is 13.2 Å². The number of carbonyl (C=O) groups excluding carboxylic acids is 3. The summed E-state index contributed by atoms with van der Waals surface area (Å²) in [4.78, 5) is 55.8. The average Bonchev–Trinajstić information content (AvgIpc) is 2.86. The number of barbiturate groups is 1. The second-order valence-corrected chi connectivity index (χ2v) is 9.27. The number of non-ortho nitro benzene ring substituents is 1. The smallest absolute Gasteiger partial charge is 0.364 e. The van der Waals surface area contributed by atoms with E-state index in [9.17, 15) is 37.7 Å². The van der Waals surface area contributed by atoms with E-state index >= 15 is 0 Å². The lowest BCUT2D eigenvalue weighted by Crippen LogP contribution is -2.75. The number of halogens is 3. The van der Waals surface area contributed by atoms with E-state index in [1.807, 2.05) is 16.7 Å². The van der Waals surface area contributed by atoms with Crippen LogP contribution < -0.4 is 15.1 Å². The Kier molecular flexibility index (Phi) is 5.70. The van der Waals surface area contributed by atoms with E-state index in [0.29, 0.717) is 41.9 Å². The summed E-state index contributed by atoms with van der Waals surface area (Å²) < 4.78 is 40.2. The minimum absolute atomic E-state index is 0.228. The third-order valence-electron chi connectivity index (χ3n) is 7.38. The highest BCUT2D eigenvalue weighted by molar-refractivity contribution is 6.30. The zero-order valence-corrected chi connectivity index (χ0v) is 19.6. The Morgan fingerprint density at radius 2 is 1.89 bits per heavy atom. The van der Waals surface area contributed by atoms with Gasteiger partial charge < -0.3 is 4.90 Å². The van der Waals surface area contributed by atoms with E-state index < -0.39 is 46.0 Å². The van der Waals surface area contributed by atoms with Crippen LogP contribution in [0.3, 0.4) is 0 Å². The third-order valence-corrected chi connectivity index (χ3v) is 7.38. The molecule has 1 N–H and O–H groups in total. The van der Waals surface area contributed by atoms with Gasteiger partial charge in [0.25, 0.3) is 11.6 Å². The molecule has 2 fully saturated rings. The van der Waals surface area contributed by atoms with Gasteiger partial charge in [-0.15, -0.1) is 0 Å². The average molecular weight is 517 g/mol. The normalized spacial score (nSPS) is 24.1. The molecule has 2 atom stereocenters. The fraction of sp³-hybridized carbons (Fsp3) is 0.375. The second kappa shape index (κ2) is 8.54. The number of hydrogen-bond acceptors (Lipinski definition) is 7. The lowest BCUT2D eigenvalue weighted by Gasteiger charge is -2.55. The first kappa shape index (κ1) is 24.7. The first-order valence-electron chi connectivity index (χ1n) is 11.6. The van der Waals surface area contributed by atoms with Crippen LogP contribution in [0.1, 0.15) is 18.1 Å². The molecule has 0 aromatic heterocycles. The number of carbonyl (C=O) groups is 3. The fourth-order valence-electron chi connectivity index (χ4n) is 5.52. The molecule has 4 amide bonds. The van der Waals surface area contributed by atoms with Crippen LogP contribution in [0.5, 0.6) is 0 Å². The Labute approximate surface area is 208 Å². The molecule has 0 saturated carbocycles. The highest BCUT2D eigenvalue weighted by atomic mass is 19.4. The van der Waals surface area contributed by atoms with Crippen molar-refractivity contribution < 1.29 is 32.5 Å². The molecular formula is C24H22F3N5O5. The number of nitro groups is 1. The van der Waals surface area contributed by atoms with Crippen molar-refractivity contribution in [3.8, 4) is 0 Å². The van der Waals surface area contributed by atoms with Gasteiger partial charge >= 0.3 is 12.2 Å². The number of imide groups is 2. The number of nitrogens with zero attached hydrogens (tertiary/aromatic N) is 4. The molecule has 2 aromatic carbocycles. The Morgan fingerprint density at radius 3 is 2.57 bits per heavy atom. The molecule has 0 radical (unpaired) electrons. The molecule has 1 spiro atoms. The minimum atomic E-state index is -4.72. The van der Waals surface area contributed by atoms with Gasteiger partial charge in [0.15, 0.2) is 5.41 Å². The summed E-state index contributed by atoms with van der Waals surface area (Å²) in [5.41, 5.74) is -2.51. The number of amides is 4. The van der Waals surface area contributed by atoms with E-state index in [4.69, 9.17) is 0 Å². The molecule has 0 unspecified atom stereocenters. The molecule has 3 heterocycles. The number of fused-ring (bicyclic) bond motifs is 4. The van der Waals surface area contributed by atoms with Crippen LogP contribution in [0.2, 0.25) is 0 Å². The van der Waals surface area contributed by atoms with Crippen molar-refractivity contribution in [2.75, 3.05) is 36.0 Å². The van der Waals surface area contributed by atoms with Crippen LogP contribution in [-0.2, 0) is 22.2 Å². The molecule has 5 rings (SSSR count). The molecule has 3 aliphatic heterocycles. The molecule has 37 heavy (non-hydrogen) atoms. The number of anilines is 2. The number of likely N-dealkylation sites (N-methyl/N-ethyl adjacent to an activating group) is 1. The summed E-state index contributed by atoms with van der Waals surface area (Å²) in [5.74, 6) is -1.85. The number of rotatable bonds is 3. The highest BCUT2D eigenvalue weighted by Gasteiger charge is 2.63. The maximum Gasteiger partial charge on any atom is 0.416 e. The van der Waals surface area contributed by atoms with Gasteiger partial charge in [-0.3, -0.25) is 29.9 Å². The first-order chi connectivity index (χ1) is 17.5. The van der Waals surface area contributed by atoms with E-state index in [-0.39, 0.29) is 24.3 Å². The van der Waals surface area contributed by atoms with Gasteiger partial charge in [-0.05, 0) is 36.4 Å². The van der Waals surface area contributed by atoms with Crippen molar-refractivity contribution in [1.29, 1.82) is 0 Å². The van der Waals surface area contributed by atoms with E-state index in [1.165, 1.54) is 18.2 Å². The summed E-state index contributed by atoms with van der Waals surface area (Å²) in [6.07, 6.45) is -4.97. The number of benzene rings is 2. The number of urea groups is 1. The summed E-state index contributed by atoms with van der Waals surface area (Å²) in [5, 5.41) is 13.6. The van der Waals surface area contributed by atoms with Crippen molar-refractivity contribution in [3.63, 3.8) is 0 Å². The molecule has 2 saturated heterocycles. The second-order valence-electron chi connectivity index (χ2n) is 9.27. The number of piperazine rings is 1. The number of nitro benzene ring substituents is 1. The highest BCUT2D eigenvalue weighted by Crippen LogP contribution is 2.47. The molecule has 194 valence electrons. The summed E-state index contributed by atoms with van der Waals surface area (Å²) in [6.45, 7) is 3.83. The van der Waals surface area contributed by atoms with Crippen LogP contribution in [0, 0.1) is 15.5 Å². The third kappa shape index (κ3) is 3.80. The van der Waals surface area contributed by atoms with E-state index in [0.717, 1.165) is 12.1 Å². The molecule has 13 heteroatoms. The van der Waals surface area contributed by atoms with Gasteiger partial charge in [0.2, 0.25) is 5.91 Å². The monoisotopic (exact) mass is 517 g/mol. The molecule has 10 nitrogen and oxygen atoms in total. The van der Waals surface area contributed by atoms with Crippen molar-refractivity contribution in [3.05, 3.63) is 63.7 Å². The topological polar surface area (TPSA) is 116 Å². The summed E-state index contributed by atoms with van der Waals surface area (Å²) >= 11 is 0. The largest absolute Gasteiger partial charge is 0.416 e. The first-order valence-corrected chi connectivity index (χ1v) is 11.6. The fourth-order valence-corrected chi connectivity index (χ4v) is 5.52. The van der Waals surface area contributed by atoms with Crippen molar-refractivity contribution >= 4 is 34.9 Å². The molecule has 0 bridgehead atoms. The van der Waals surface area contributed by atoms with E-state index in [1.54, 1.807) is 6.07 Å². The SMILES string of the molecule is CCN1CCN2c3ccc([N+](=O)[O-])cc3C[C@]3(C(=O)NC(=O)N(c4cccc(C(F)(F)F)c4)C3=O)[C@@H]2C1. The van der Waals surface area contributed by atoms with Gasteiger partial charge in [0, 0.05) is 43.9 Å². The zero-order valence-electron chi connectivity index (χ0n) is 19.6. The Bertz CT molecular complexity index is 1330. The minimum Gasteiger partial charge on any atom is -0.364 e. The molecule has 3 aliphatic rings. The predicted molar refractivity (Wildman–Crippen MR) is 125 cm³/mol. The maximum atomic E-state index is 14.1. The molecule has 0 aliphatic carbocycles. The number of nitrogens with one attached hydrogen (secondary N) is 1. The predicted octanol–water partition coefficient (Wildman–Crippen LogP) is 2.95.